The van der Waals surface area contributed by atoms with Crippen molar-refractivity contribution in [2.75, 3.05) is 5.73 Å². The van der Waals surface area contributed by atoms with Crippen molar-refractivity contribution in [3.63, 3.8) is 0 Å². The van der Waals surface area contributed by atoms with Crippen LogP contribution < -0.4 is 16.4 Å². The Hall–Kier alpha value is -2.04. The van der Waals surface area contributed by atoms with Gasteiger partial charge in [-0.3, -0.25) is 9.59 Å². The van der Waals surface area contributed by atoms with Gasteiger partial charge < -0.3 is 16.4 Å². The number of nitrogens with two attached hydrogens (primary N) is 1. The van der Waals surface area contributed by atoms with Crippen molar-refractivity contribution in [2.45, 2.75) is 37.8 Å². The van der Waals surface area contributed by atoms with Crippen LogP contribution in [0.2, 0.25) is 0 Å². The van der Waals surface area contributed by atoms with Gasteiger partial charge in [0.1, 0.15) is 6.04 Å². The Morgan fingerprint density at radius 1 is 1.32 bits per heavy atom. The number of nitrogen functional groups attached to an aromatic ring is 1. The topological polar surface area (TPSA) is 84.2 Å². The summed E-state index contributed by atoms with van der Waals surface area (Å²) in [6.07, 6.45) is 2.86. The zero-order valence-corrected chi connectivity index (χ0v) is 10.6. The van der Waals surface area contributed by atoms with Gasteiger partial charge in [-0.05, 0) is 42.5 Å². The van der Waals surface area contributed by atoms with Crippen molar-refractivity contribution in [1.29, 1.82) is 0 Å². The van der Waals surface area contributed by atoms with Crippen LogP contribution in [0.3, 0.4) is 0 Å². The molecule has 0 saturated carbocycles. The van der Waals surface area contributed by atoms with Crippen molar-refractivity contribution >= 4 is 17.5 Å². The van der Waals surface area contributed by atoms with Gasteiger partial charge >= 0.3 is 0 Å². The average molecular weight is 259 g/mol. The lowest BCUT2D eigenvalue weighted by molar-refractivity contribution is -0.126. The highest BCUT2D eigenvalue weighted by atomic mass is 16.2. The number of fused-ring (bicyclic) bond motifs is 1. The second-order valence-electron chi connectivity index (χ2n) is 5.22. The molecule has 1 heterocycles. The maximum atomic E-state index is 12.1. The number of nitrogens with one attached hydrogen (secondary N) is 2. The normalized spacial score (nSPS) is 24.9. The average Bonchev–Trinajstić information content (AvgIpc) is 2.96. The van der Waals surface area contributed by atoms with Gasteiger partial charge in [-0.1, -0.05) is 6.07 Å². The Labute approximate surface area is 111 Å². The van der Waals surface area contributed by atoms with Gasteiger partial charge in [0.05, 0.1) is 6.04 Å². The smallest absolute Gasteiger partial charge is 0.243 e. The lowest BCUT2D eigenvalue weighted by atomic mass is 10.1. The summed E-state index contributed by atoms with van der Waals surface area (Å²) in [5, 5.41) is 5.71. The molecule has 1 aliphatic heterocycles. The van der Waals surface area contributed by atoms with Crippen molar-refractivity contribution in [3.05, 3.63) is 29.3 Å². The third-order valence-electron chi connectivity index (χ3n) is 3.87. The molecule has 0 radical (unpaired) electrons. The predicted octanol–water partition coefficient (Wildman–Crippen LogP) is 0.651. The third-order valence-corrected chi connectivity index (χ3v) is 3.87. The van der Waals surface area contributed by atoms with Crippen molar-refractivity contribution in [2.24, 2.45) is 0 Å². The summed E-state index contributed by atoms with van der Waals surface area (Å²) in [7, 11) is 0. The van der Waals surface area contributed by atoms with Gasteiger partial charge in [0.2, 0.25) is 11.8 Å². The number of carbonyl (C=O) groups excluding carboxylic acids is 2. The van der Waals surface area contributed by atoms with Crippen molar-refractivity contribution in [1.82, 2.24) is 10.6 Å². The highest BCUT2D eigenvalue weighted by molar-refractivity contribution is 5.91. The second-order valence-corrected chi connectivity index (χ2v) is 5.22. The van der Waals surface area contributed by atoms with E-state index in [0.29, 0.717) is 12.8 Å². The number of carbonyl (C=O) groups is 2. The number of rotatable bonds is 2. The minimum Gasteiger partial charge on any atom is -0.399 e. The van der Waals surface area contributed by atoms with E-state index in [1.165, 1.54) is 5.56 Å². The lowest BCUT2D eigenvalue weighted by Crippen LogP contribution is -2.42. The lowest BCUT2D eigenvalue weighted by Gasteiger charge is -2.17. The Morgan fingerprint density at radius 3 is 2.89 bits per heavy atom. The molecular formula is C14H17N3O2. The molecule has 0 spiro atoms. The van der Waals surface area contributed by atoms with E-state index in [1.54, 1.807) is 0 Å². The minimum atomic E-state index is -0.370. The third kappa shape index (κ3) is 2.28. The fraction of sp³-hybridized carbons (Fsp3) is 0.429. The molecule has 0 aromatic heterocycles. The first-order valence-electron chi connectivity index (χ1n) is 6.61. The molecule has 2 unspecified atom stereocenters. The van der Waals surface area contributed by atoms with Gasteiger partial charge in [0.25, 0.3) is 0 Å². The van der Waals surface area contributed by atoms with Crippen LogP contribution in [0.4, 0.5) is 5.69 Å². The summed E-state index contributed by atoms with van der Waals surface area (Å²) in [5.74, 6) is -0.125. The maximum absolute atomic E-state index is 12.1. The number of aryl methyl sites for hydroxylation is 1. The zero-order chi connectivity index (χ0) is 13.4. The van der Waals surface area contributed by atoms with Crippen LogP contribution in [-0.2, 0) is 16.0 Å². The molecule has 1 aromatic carbocycles. The van der Waals surface area contributed by atoms with Crippen LogP contribution >= 0.6 is 0 Å². The van der Waals surface area contributed by atoms with Gasteiger partial charge in [0.15, 0.2) is 0 Å². The SMILES string of the molecule is Nc1ccc2c(c1)CCC2NC(=O)C1CCC(=O)N1. The largest absolute Gasteiger partial charge is 0.399 e. The standard InChI is InChI=1S/C14H17N3O2/c15-9-2-3-10-8(7-9)1-4-11(10)17-14(19)12-5-6-13(18)16-12/h2-3,7,11-12H,1,4-6,15H2,(H,16,18)(H,17,19). The summed E-state index contributed by atoms with van der Waals surface area (Å²) in [4.78, 5) is 23.2. The first kappa shape index (κ1) is 12.0. The van der Waals surface area contributed by atoms with Crippen molar-refractivity contribution in [3.8, 4) is 0 Å². The summed E-state index contributed by atoms with van der Waals surface area (Å²) >= 11 is 0. The number of benzene rings is 1. The van der Waals surface area contributed by atoms with Crippen LogP contribution in [0, 0.1) is 0 Å². The number of anilines is 1. The molecule has 1 saturated heterocycles. The summed E-state index contributed by atoms with van der Waals surface area (Å²) in [6.45, 7) is 0. The van der Waals surface area contributed by atoms with E-state index in [-0.39, 0.29) is 23.9 Å². The van der Waals surface area contributed by atoms with Gasteiger partial charge in [-0.25, -0.2) is 0 Å². The predicted molar refractivity (Wildman–Crippen MR) is 71.2 cm³/mol. The first-order valence-corrected chi connectivity index (χ1v) is 6.61. The molecule has 3 rings (SSSR count). The molecule has 5 nitrogen and oxygen atoms in total. The summed E-state index contributed by atoms with van der Waals surface area (Å²) in [5.41, 5.74) is 8.87. The maximum Gasteiger partial charge on any atom is 0.243 e. The Morgan fingerprint density at radius 2 is 2.16 bits per heavy atom. The van der Waals surface area contributed by atoms with E-state index in [1.807, 2.05) is 18.2 Å². The number of hydrogen-bond donors (Lipinski definition) is 3. The Balaban J connectivity index is 1.69. The molecule has 0 bridgehead atoms. The fourth-order valence-corrected chi connectivity index (χ4v) is 2.87. The first-order chi connectivity index (χ1) is 9.13. The number of hydrogen-bond acceptors (Lipinski definition) is 3. The molecule has 4 N–H and O–H groups in total. The quantitative estimate of drug-likeness (QED) is 0.682. The molecule has 2 amide bonds. The number of amides is 2. The van der Waals surface area contributed by atoms with Crippen LogP contribution in [0.25, 0.3) is 0 Å². The Kier molecular flexibility index (Phi) is 2.89. The fourth-order valence-electron chi connectivity index (χ4n) is 2.87. The molecule has 5 heteroatoms. The molecule has 1 aliphatic carbocycles. The molecule has 2 aliphatic rings. The summed E-state index contributed by atoms with van der Waals surface area (Å²) < 4.78 is 0. The second kappa shape index (κ2) is 4.57. The van der Waals surface area contributed by atoms with E-state index < -0.39 is 0 Å². The molecule has 19 heavy (non-hydrogen) atoms. The zero-order valence-electron chi connectivity index (χ0n) is 10.6. The van der Waals surface area contributed by atoms with Gasteiger partial charge in [-0.15, -0.1) is 0 Å². The molecule has 100 valence electrons. The van der Waals surface area contributed by atoms with Crippen LogP contribution in [-0.4, -0.2) is 17.9 Å². The van der Waals surface area contributed by atoms with E-state index in [0.717, 1.165) is 24.1 Å². The highest BCUT2D eigenvalue weighted by Gasteiger charge is 2.30. The van der Waals surface area contributed by atoms with E-state index in [2.05, 4.69) is 10.6 Å². The minimum absolute atomic E-state index is 0.0419. The van der Waals surface area contributed by atoms with Crippen LogP contribution in [0.5, 0.6) is 0 Å². The van der Waals surface area contributed by atoms with Crippen molar-refractivity contribution < 1.29 is 9.59 Å². The molecule has 1 fully saturated rings. The highest BCUT2D eigenvalue weighted by Crippen LogP contribution is 2.32. The molecule has 1 aromatic rings. The molecular weight excluding hydrogens is 242 g/mol. The van der Waals surface area contributed by atoms with Gasteiger partial charge in [0, 0.05) is 12.1 Å². The van der Waals surface area contributed by atoms with Gasteiger partial charge in [-0.2, -0.15) is 0 Å². The molecule has 2 atom stereocenters. The monoisotopic (exact) mass is 259 g/mol. The van der Waals surface area contributed by atoms with Crippen LogP contribution in [0.15, 0.2) is 18.2 Å². The Bertz CT molecular complexity index is 541. The summed E-state index contributed by atoms with van der Waals surface area (Å²) in [6, 6.07) is 5.49. The van der Waals surface area contributed by atoms with E-state index >= 15 is 0 Å². The van der Waals surface area contributed by atoms with E-state index in [9.17, 15) is 9.59 Å². The van der Waals surface area contributed by atoms with E-state index in [4.69, 9.17) is 5.73 Å². The van der Waals surface area contributed by atoms with Crippen LogP contribution in [0.1, 0.15) is 36.4 Å².